The Labute approximate surface area is 233 Å². The molecule has 0 bridgehead atoms. The molecule has 5 rings (SSSR count). The molecule has 0 N–H and O–H groups in total. The van der Waals surface area contributed by atoms with Gasteiger partial charge in [-0.3, -0.25) is 14.7 Å². The lowest BCUT2D eigenvalue weighted by molar-refractivity contribution is -0.123. The second-order valence-electron chi connectivity index (χ2n) is 9.94. The van der Waals surface area contributed by atoms with Gasteiger partial charge in [-0.2, -0.15) is 4.31 Å². The summed E-state index contributed by atoms with van der Waals surface area (Å²) in [4.78, 5) is 25.3. The second-order valence-corrected chi connectivity index (χ2v) is 12.9. The molecule has 204 valence electrons. The zero-order chi connectivity index (χ0) is 27.6. The van der Waals surface area contributed by atoms with Gasteiger partial charge in [0.05, 0.1) is 34.5 Å². The zero-order valence-corrected chi connectivity index (χ0v) is 23.9. The number of hydrogen-bond acceptors (Lipinski definition) is 7. The number of methoxy groups -OCH3 is 1. The molecule has 8 nitrogen and oxygen atoms in total. The Balaban J connectivity index is 1.38. The fourth-order valence-electron chi connectivity index (χ4n) is 4.89. The van der Waals surface area contributed by atoms with Crippen LogP contribution in [0.2, 0.25) is 0 Å². The van der Waals surface area contributed by atoms with Crippen LogP contribution < -0.4 is 9.64 Å². The summed E-state index contributed by atoms with van der Waals surface area (Å²) in [5.74, 6) is 0.544. The third kappa shape index (κ3) is 5.68. The fraction of sp³-hybridized carbons (Fsp3) is 0.345. The number of carbonyl (C=O) groups excluding carboxylic acids is 1. The highest BCUT2D eigenvalue weighted by Gasteiger charge is 2.35. The van der Waals surface area contributed by atoms with E-state index in [-0.39, 0.29) is 29.8 Å². The highest BCUT2D eigenvalue weighted by molar-refractivity contribution is 7.89. The summed E-state index contributed by atoms with van der Waals surface area (Å²) in [5, 5.41) is 0.641. The van der Waals surface area contributed by atoms with E-state index in [4.69, 9.17) is 9.72 Å². The molecule has 1 aliphatic heterocycles. The van der Waals surface area contributed by atoms with E-state index in [1.54, 1.807) is 42.5 Å². The molecular formula is C29H32N4O4S2. The van der Waals surface area contributed by atoms with Gasteiger partial charge >= 0.3 is 0 Å². The summed E-state index contributed by atoms with van der Waals surface area (Å²) >= 11 is 1.50. The molecular weight excluding hydrogens is 532 g/mol. The first kappa shape index (κ1) is 27.2. The Morgan fingerprint density at radius 3 is 2.46 bits per heavy atom. The van der Waals surface area contributed by atoms with Crippen molar-refractivity contribution in [1.82, 2.24) is 14.3 Å². The summed E-state index contributed by atoms with van der Waals surface area (Å²) in [6, 6.07) is 18.2. The lowest BCUT2D eigenvalue weighted by Crippen LogP contribution is -2.44. The fourth-order valence-corrected chi connectivity index (χ4v) is 7.37. The van der Waals surface area contributed by atoms with Gasteiger partial charge in [0, 0.05) is 25.2 Å². The van der Waals surface area contributed by atoms with Crippen LogP contribution in [0.3, 0.4) is 0 Å². The van der Waals surface area contributed by atoms with Crippen LogP contribution in [0.4, 0.5) is 5.13 Å². The lowest BCUT2D eigenvalue weighted by Gasteiger charge is -2.33. The van der Waals surface area contributed by atoms with E-state index in [9.17, 15) is 13.2 Å². The second kappa shape index (κ2) is 11.4. The van der Waals surface area contributed by atoms with E-state index >= 15 is 0 Å². The van der Waals surface area contributed by atoms with Gasteiger partial charge in [0.25, 0.3) is 0 Å². The zero-order valence-electron chi connectivity index (χ0n) is 22.3. The van der Waals surface area contributed by atoms with Crippen LogP contribution in [-0.2, 0) is 21.4 Å². The molecule has 39 heavy (non-hydrogen) atoms. The van der Waals surface area contributed by atoms with Crippen LogP contribution >= 0.6 is 11.3 Å². The van der Waals surface area contributed by atoms with Crippen LogP contribution in [0, 0.1) is 5.92 Å². The number of pyridine rings is 1. The molecule has 2 aromatic heterocycles. The van der Waals surface area contributed by atoms with Crippen LogP contribution in [-0.4, -0.2) is 48.8 Å². The van der Waals surface area contributed by atoms with E-state index in [2.05, 4.69) is 24.9 Å². The van der Waals surface area contributed by atoms with Crippen LogP contribution in [0.15, 0.2) is 71.8 Å². The Morgan fingerprint density at radius 1 is 1.08 bits per heavy atom. The maximum Gasteiger partial charge on any atom is 0.243 e. The Morgan fingerprint density at radius 2 is 1.82 bits per heavy atom. The first-order valence-corrected chi connectivity index (χ1v) is 15.3. The highest BCUT2D eigenvalue weighted by Crippen LogP contribution is 2.36. The number of hydrogen-bond donors (Lipinski definition) is 0. The first-order chi connectivity index (χ1) is 18.8. The molecule has 3 heterocycles. The van der Waals surface area contributed by atoms with Gasteiger partial charge in [-0.1, -0.05) is 43.4 Å². The van der Waals surface area contributed by atoms with Crippen LogP contribution in [0.25, 0.3) is 10.2 Å². The molecule has 0 spiro atoms. The van der Waals surface area contributed by atoms with Gasteiger partial charge in [-0.15, -0.1) is 0 Å². The van der Waals surface area contributed by atoms with Gasteiger partial charge in [-0.25, -0.2) is 13.4 Å². The number of aromatic nitrogens is 2. The molecule has 1 saturated heterocycles. The summed E-state index contributed by atoms with van der Waals surface area (Å²) in [7, 11) is -2.11. The number of rotatable bonds is 8. The molecule has 1 aliphatic rings. The average molecular weight is 565 g/mol. The van der Waals surface area contributed by atoms with E-state index in [1.807, 2.05) is 30.3 Å². The van der Waals surface area contributed by atoms with Crippen molar-refractivity contribution in [3.8, 4) is 5.75 Å². The molecule has 0 saturated carbocycles. The van der Waals surface area contributed by atoms with Crippen molar-refractivity contribution in [1.29, 1.82) is 0 Å². The molecule has 0 atom stereocenters. The molecule has 0 aliphatic carbocycles. The maximum absolute atomic E-state index is 14.0. The number of anilines is 1. The minimum Gasteiger partial charge on any atom is -0.497 e. The topological polar surface area (TPSA) is 92.7 Å². The lowest BCUT2D eigenvalue weighted by atomic mass is 9.96. The SMILES string of the molecule is COc1ccc(S(=O)(=O)N2CCC(C(=O)N(Cc3ccccn3)c3nc4c(C(C)C)cccc4s3)CC2)cc1. The van der Waals surface area contributed by atoms with Crippen LogP contribution in [0.5, 0.6) is 5.75 Å². The number of benzene rings is 2. The van der Waals surface area contributed by atoms with E-state index in [0.717, 1.165) is 21.5 Å². The minimum absolute atomic E-state index is 0.0488. The Hall–Kier alpha value is -3.34. The number of para-hydroxylation sites is 1. The predicted octanol–water partition coefficient (Wildman–Crippen LogP) is 5.46. The number of sulfonamides is 1. The van der Waals surface area contributed by atoms with Gasteiger partial charge in [-0.05, 0) is 66.8 Å². The number of amides is 1. The maximum atomic E-state index is 14.0. The van der Waals surface area contributed by atoms with Gasteiger partial charge in [0.1, 0.15) is 5.75 Å². The average Bonchev–Trinajstić information content (AvgIpc) is 3.40. The molecule has 4 aromatic rings. The third-order valence-electron chi connectivity index (χ3n) is 7.10. The molecule has 0 radical (unpaired) electrons. The molecule has 0 unspecified atom stereocenters. The van der Waals surface area contributed by atoms with E-state index in [1.165, 1.54) is 15.6 Å². The van der Waals surface area contributed by atoms with Crippen molar-refractivity contribution >= 4 is 42.6 Å². The van der Waals surface area contributed by atoms with Crippen molar-refractivity contribution in [2.24, 2.45) is 5.92 Å². The largest absolute Gasteiger partial charge is 0.497 e. The summed E-state index contributed by atoms with van der Waals surface area (Å²) < 4.78 is 34.1. The highest BCUT2D eigenvalue weighted by atomic mass is 32.2. The summed E-state index contributed by atoms with van der Waals surface area (Å²) in [5.41, 5.74) is 2.85. The normalized spacial score (nSPS) is 15.1. The first-order valence-electron chi connectivity index (χ1n) is 13.0. The molecule has 2 aromatic carbocycles. The van der Waals surface area contributed by atoms with Crippen molar-refractivity contribution in [3.63, 3.8) is 0 Å². The minimum atomic E-state index is -3.65. The van der Waals surface area contributed by atoms with E-state index < -0.39 is 10.0 Å². The third-order valence-corrected chi connectivity index (χ3v) is 10.1. The van der Waals surface area contributed by atoms with Gasteiger partial charge in [0.15, 0.2) is 5.13 Å². The van der Waals surface area contributed by atoms with Crippen LogP contribution in [0.1, 0.15) is 43.9 Å². The molecule has 1 fully saturated rings. The van der Waals surface area contributed by atoms with Crippen molar-refractivity contribution in [3.05, 3.63) is 78.1 Å². The Kier molecular flexibility index (Phi) is 7.97. The van der Waals surface area contributed by atoms with Crippen molar-refractivity contribution < 1.29 is 17.9 Å². The van der Waals surface area contributed by atoms with Crippen molar-refractivity contribution in [2.75, 3.05) is 25.1 Å². The Bertz CT molecular complexity index is 1550. The number of fused-ring (bicyclic) bond motifs is 1. The smallest absolute Gasteiger partial charge is 0.243 e. The quantitative estimate of drug-likeness (QED) is 0.282. The number of carbonyl (C=O) groups is 1. The molecule has 1 amide bonds. The molecule has 10 heteroatoms. The standard InChI is InChI=1S/C29H32N4O4S2/c1-20(2)25-8-6-9-26-27(25)31-29(38-26)33(19-22-7-4-5-16-30-22)28(34)21-14-17-32(18-15-21)39(35,36)24-12-10-23(37-3)11-13-24/h4-13,16,20-21H,14-15,17-19H2,1-3H3. The summed E-state index contributed by atoms with van der Waals surface area (Å²) in [6.45, 7) is 5.14. The van der Waals surface area contributed by atoms with Gasteiger partial charge < -0.3 is 4.74 Å². The summed E-state index contributed by atoms with van der Waals surface area (Å²) in [6.07, 6.45) is 2.60. The number of thiazole rings is 1. The van der Waals surface area contributed by atoms with E-state index in [0.29, 0.717) is 36.2 Å². The number of piperidine rings is 1. The predicted molar refractivity (Wildman–Crippen MR) is 154 cm³/mol. The van der Waals surface area contributed by atoms with Crippen molar-refractivity contribution in [2.45, 2.75) is 44.0 Å². The van der Waals surface area contributed by atoms with Gasteiger partial charge in [0.2, 0.25) is 15.9 Å². The number of ether oxygens (including phenoxy) is 1. The number of nitrogens with zero attached hydrogens (tertiary/aromatic N) is 4. The monoisotopic (exact) mass is 564 g/mol.